The summed E-state index contributed by atoms with van der Waals surface area (Å²) in [5.41, 5.74) is 1.57. The highest BCUT2D eigenvalue weighted by atomic mass is 14.9. The van der Waals surface area contributed by atoms with Gasteiger partial charge >= 0.3 is 0 Å². The van der Waals surface area contributed by atoms with Crippen LogP contribution in [0.3, 0.4) is 0 Å². The fourth-order valence-corrected chi connectivity index (χ4v) is 1.11. The highest BCUT2D eigenvalue weighted by Gasteiger charge is 2.13. The molecule has 10 heavy (non-hydrogen) atoms. The van der Waals surface area contributed by atoms with Crippen LogP contribution in [0.5, 0.6) is 0 Å². The van der Waals surface area contributed by atoms with E-state index < -0.39 is 0 Å². The van der Waals surface area contributed by atoms with E-state index in [0.29, 0.717) is 0 Å². The van der Waals surface area contributed by atoms with Crippen molar-refractivity contribution in [1.29, 1.82) is 0 Å². The molecule has 0 radical (unpaired) electrons. The van der Waals surface area contributed by atoms with Crippen molar-refractivity contribution >= 4 is 0 Å². The van der Waals surface area contributed by atoms with Crippen molar-refractivity contribution in [2.24, 2.45) is 5.41 Å². The third-order valence-electron chi connectivity index (χ3n) is 1.71. The minimum atomic E-state index is 0.247. The molecule has 1 nitrogen and oxygen atoms in total. The molecule has 0 fully saturated rings. The number of dihydropyridines is 1. The van der Waals surface area contributed by atoms with E-state index in [1.54, 1.807) is 0 Å². The summed E-state index contributed by atoms with van der Waals surface area (Å²) in [5, 5.41) is 3.20. The lowest BCUT2D eigenvalue weighted by molar-refractivity contribution is 0.593. The molecule has 0 bridgehead atoms. The first-order valence-corrected chi connectivity index (χ1v) is 3.80. The molecule has 1 N–H and O–H groups in total. The van der Waals surface area contributed by atoms with E-state index in [4.69, 9.17) is 0 Å². The van der Waals surface area contributed by atoms with Crippen molar-refractivity contribution in [3.8, 4) is 0 Å². The average molecular weight is 137 g/mol. The van der Waals surface area contributed by atoms with Gasteiger partial charge < -0.3 is 5.32 Å². The molecule has 0 unspecified atom stereocenters. The number of hydrogen-bond acceptors (Lipinski definition) is 1. The van der Waals surface area contributed by atoms with Gasteiger partial charge in [0, 0.05) is 11.1 Å². The molecule has 0 atom stereocenters. The summed E-state index contributed by atoms with van der Waals surface area (Å²) in [7, 11) is 0. The third kappa shape index (κ3) is 1.63. The third-order valence-corrected chi connectivity index (χ3v) is 1.71. The zero-order valence-electron chi connectivity index (χ0n) is 6.94. The van der Waals surface area contributed by atoms with Gasteiger partial charge in [0.05, 0.1) is 0 Å². The minimum absolute atomic E-state index is 0.247. The predicted octanol–water partition coefficient (Wildman–Crippen LogP) is 2.42. The fourth-order valence-electron chi connectivity index (χ4n) is 1.11. The Morgan fingerprint density at radius 3 is 2.60 bits per heavy atom. The molecule has 0 aromatic heterocycles. The van der Waals surface area contributed by atoms with Crippen LogP contribution in [0.15, 0.2) is 24.0 Å². The van der Waals surface area contributed by atoms with Gasteiger partial charge in [-0.25, -0.2) is 0 Å². The van der Waals surface area contributed by atoms with Crippen LogP contribution < -0.4 is 5.32 Å². The highest BCUT2D eigenvalue weighted by molar-refractivity contribution is 5.19. The Morgan fingerprint density at radius 2 is 2.20 bits per heavy atom. The lowest BCUT2D eigenvalue weighted by Gasteiger charge is -2.22. The number of rotatable bonds is 1. The number of allylic oxidation sites excluding steroid dienone is 3. The molecular weight excluding hydrogens is 122 g/mol. The van der Waals surface area contributed by atoms with Crippen LogP contribution in [0.25, 0.3) is 0 Å². The maximum absolute atomic E-state index is 3.20. The van der Waals surface area contributed by atoms with E-state index in [9.17, 15) is 0 Å². The van der Waals surface area contributed by atoms with Crippen molar-refractivity contribution in [3.05, 3.63) is 24.0 Å². The normalized spacial score (nSPS) is 21.7. The maximum Gasteiger partial charge on any atom is 0.0111 e. The summed E-state index contributed by atoms with van der Waals surface area (Å²) in [6, 6.07) is 0. The summed E-state index contributed by atoms with van der Waals surface area (Å²) in [6.45, 7) is 6.58. The SMILES string of the molecule is CCC1=CC(C)(C)C=CN1. The second-order valence-corrected chi connectivity index (χ2v) is 3.32. The second-order valence-electron chi connectivity index (χ2n) is 3.32. The van der Waals surface area contributed by atoms with Crippen LogP contribution in [-0.2, 0) is 0 Å². The topological polar surface area (TPSA) is 12.0 Å². The number of hydrogen-bond donors (Lipinski definition) is 1. The Labute approximate surface area is 62.8 Å². The first kappa shape index (κ1) is 7.39. The highest BCUT2D eigenvalue weighted by Crippen LogP contribution is 2.23. The van der Waals surface area contributed by atoms with Gasteiger partial charge in [-0.3, -0.25) is 0 Å². The molecule has 0 spiro atoms. The molecule has 0 aromatic rings. The van der Waals surface area contributed by atoms with E-state index in [1.165, 1.54) is 5.70 Å². The molecule has 56 valence electrons. The van der Waals surface area contributed by atoms with Gasteiger partial charge in [0.15, 0.2) is 0 Å². The van der Waals surface area contributed by atoms with E-state index in [0.717, 1.165) is 6.42 Å². The number of nitrogens with one attached hydrogen (secondary N) is 1. The predicted molar refractivity (Wildman–Crippen MR) is 44.4 cm³/mol. The zero-order chi connectivity index (χ0) is 7.61. The molecule has 0 aliphatic carbocycles. The monoisotopic (exact) mass is 137 g/mol. The van der Waals surface area contributed by atoms with Crippen molar-refractivity contribution in [2.45, 2.75) is 27.2 Å². The molecule has 1 rings (SSSR count). The summed E-state index contributed by atoms with van der Waals surface area (Å²) in [5.74, 6) is 0. The van der Waals surface area contributed by atoms with Crippen LogP contribution in [0.2, 0.25) is 0 Å². The molecular formula is C9H15N. The van der Waals surface area contributed by atoms with Gasteiger partial charge in [0.25, 0.3) is 0 Å². The Kier molecular flexibility index (Phi) is 1.84. The van der Waals surface area contributed by atoms with E-state index in [2.05, 4.69) is 38.2 Å². The van der Waals surface area contributed by atoms with Gasteiger partial charge in [0.2, 0.25) is 0 Å². The van der Waals surface area contributed by atoms with Crippen molar-refractivity contribution < 1.29 is 0 Å². The van der Waals surface area contributed by atoms with E-state index >= 15 is 0 Å². The molecule has 1 aliphatic heterocycles. The summed E-state index contributed by atoms with van der Waals surface area (Å²) >= 11 is 0. The second kappa shape index (κ2) is 2.49. The van der Waals surface area contributed by atoms with Gasteiger partial charge in [-0.05, 0) is 12.6 Å². The molecule has 1 heterocycles. The van der Waals surface area contributed by atoms with Crippen LogP contribution in [0, 0.1) is 5.41 Å². The summed E-state index contributed by atoms with van der Waals surface area (Å²) < 4.78 is 0. The Bertz CT molecular complexity index is 175. The molecule has 1 aliphatic rings. The van der Waals surface area contributed by atoms with Gasteiger partial charge in [0.1, 0.15) is 0 Å². The Morgan fingerprint density at radius 1 is 1.50 bits per heavy atom. The zero-order valence-corrected chi connectivity index (χ0v) is 6.94. The average Bonchev–Trinajstić information content (AvgIpc) is 1.86. The lowest BCUT2D eigenvalue weighted by Crippen LogP contribution is -2.16. The van der Waals surface area contributed by atoms with Crippen LogP contribution in [0.1, 0.15) is 27.2 Å². The van der Waals surface area contributed by atoms with E-state index in [1.807, 2.05) is 6.20 Å². The Balaban J connectivity index is 2.73. The van der Waals surface area contributed by atoms with Crippen molar-refractivity contribution in [2.75, 3.05) is 0 Å². The van der Waals surface area contributed by atoms with Gasteiger partial charge in [-0.2, -0.15) is 0 Å². The lowest BCUT2D eigenvalue weighted by atomic mass is 9.90. The smallest absolute Gasteiger partial charge is 0.0111 e. The van der Waals surface area contributed by atoms with Crippen molar-refractivity contribution in [1.82, 2.24) is 5.32 Å². The Hall–Kier alpha value is -0.720. The van der Waals surface area contributed by atoms with Gasteiger partial charge in [-0.15, -0.1) is 0 Å². The quantitative estimate of drug-likeness (QED) is 0.585. The van der Waals surface area contributed by atoms with Crippen molar-refractivity contribution in [3.63, 3.8) is 0 Å². The minimum Gasteiger partial charge on any atom is -0.366 e. The first-order valence-electron chi connectivity index (χ1n) is 3.80. The molecule has 1 heteroatoms. The largest absolute Gasteiger partial charge is 0.366 e. The standard InChI is InChI=1S/C9H15N/c1-4-8-7-9(2,3)5-6-10-8/h5-7,10H,4H2,1-3H3. The molecule has 0 saturated carbocycles. The van der Waals surface area contributed by atoms with Crippen LogP contribution >= 0.6 is 0 Å². The van der Waals surface area contributed by atoms with Gasteiger partial charge in [-0.1, -0.05) is 32.9 Å². The fraction of sp³-hybridized carbons (Fsp3) is 0.556. The van der Waals surface area contributed by atoms with Crippen LogP contribution in [0.4, 0.5) is 0 Å². The molecule has 0 saturated heterocycles. The molecule has 0 amide bonds. The van der Waals surface area contributed by atoms with E-state index in [-0.39, 0.29) is 5.41 Å². The summed E-state index contributed by atoms with van der Waals surface area (Å²) in [4.78, 5) is 0. The summed E-state index contributed by atoms with van der Waals surface area (Å²) in [6.07, 6.45) is 7.56. The van der Waals surface area contributed by atoms with Crippen LogP contribution in [-0.4, -0.2) is 0 Å². The maximum atomic E-state index is 3.20. The molecule has 0 aromatic carbocycles. The first-order chi connectivity index (χ1) is 4.64.